The Hall–Kier alpha value is -2.94. The average molecular weight is 398 g/mol. The number of methoxy groups -OCH3 is 1. The molecule has 0 aliphatic carbocycles. The summed E-state index contributed by atoms with van der Waals surface area (Å²) in [5.41, 5.74) is -2.49. The number of alkyl halides is 3. The van der Waals surface area contributed by atoms with Crippen molar-refractivity contribution < 1.29 is 22.7 Å². The van der Waals surface area contributed by atoms with Crippen molar-refractivity contribution in [3.05, 3.63) is 62.8 Å². The lowest BCUT2D eigenvalue weighted by atomic mass is 10.1. The van der Waals surface area contributed by atoms with Crippen LogP contribution in [-0.4, -0.2) is 27.6 Å². The molecular weight excluding hydrogens is 387 g/mol. The minimum Gasteiger partial charge on any atom is -0.465 e. The number of aromatic nitrogens is 3. The van der Waals surface area contributed by atoms with E-state index in [1.807, 2.05) is 0 Å². The fraction of sp³-hybridized carbons (Fsp3) is 0.176. The number of hydrogen-bond donors (Lipinski definition) is 0. The van der Waals surface area contributed by atoms with Crippen LogP contribution in [0.15, 0.2) is 35.3 Å². The normalized spacial score (nSPS) is 11.6. The van der Waals surface area contributed by atoms with Gasteiger partial charge >= 0.3 is 12.1 Å². The lowest BCUT2D eigenvalue weighted by molar-refractivity contribution is -0.141. The number of carbonyl (C=O) groups is 1. The Morgan fingerprint density at radius 1 is 1.26 bits per heavy atom. The van der Waals surface area contributed by atoms with Crippen molar-refractivity contribution in [3.8, 4) is 5.69 Å². The maximum Gasteiger partial charge on any atom is 0.433 e. The molecule has 3 heterocycles. The molecule has 0 amide bonds. The molecular formula is C17H11ClF3N3O3. The quantitative estimate of drug-likeness (QED) is 0.618. The molecule has 0 aromatic carbocycles. The van der Waals surface area contributed by atoms with E-state index >= 15 is 0 Å². The van der Waals surface area contributed by atoms with E-state index < -0.39 is 29.0 Å². The van der Waals surface area contributed by atoms with Gasteiger partial charge in [-0.25, -0.2) is 9.78 Å². The molecule has 0 aliphatic heterocycles. The number of esters is 1. The van der Waals surface area contributed by atoms with E-state index in [1.165, 1.54) is 18.3 Å². The minimum atomic E-state index is -4.73. The summed E-state index contributed by atoms with van der Waals surface area (Å²) in [6, 6.07) is 4.75. The van der Waals surface area contributed by atoms with Gasteiger partial charge in [0, 0.05) is 11.6 Å². The maximum atomic E-state index is 13.1. The standard InChI is InChI=1S/C17H11ClF3N3O3/c1-8-10(4-3-7-22-8)24-14-9(5-6-11(23-14)17(19,20)21)13(18)12(15(24)25)16(26)27-2/h3-7H,1-2H3. The van der Waals surface area contributed by atoms with E-state index in [4.69, 9.17) is 11.6 Å². The second-order valence-electron chi connectivity index (χ2n) is 5.49. The highest BCUT2D eigenvalue weighted by molar-refractivity contribution is 6.38. The smallest absolute Gasteiger partial charge is 0.433 e. The monoisotopic (exact) mass is 397 g/mol. The van der Waals surface area contributed by atoms with Gasteiger partial charge < -0.3 is 4.74 Å². The van der Waals surface area contributed by atoms with Crippen LogP contribution < -0.4 is 5.56 Å². The number of pyridine rings is 3. The largest absolute Gasteiger partial charge is 0.465 e. The number of nitrogens with zero attached hydrogens (tertiary/aromatic N) is 3. The maximum absolute atomic E-state index is 13.1. The molecule has 3 rings (SSSR count). The van der Waals surface area contributed by atoms with Gasteiger partial charge in [-0.1, -0.05) is 11.6 Å². The van der Waals surface area contributed by atoms with Gasteiger partial charge in [0.1, 0.15) is 16.9 Å². The third kappa shape index (κ3) is 3.14. The number of halogens is 4. The van der Waals surface area contributed by atoms with Crippen LogP contribution in [0.25, 0.3) is 16.7 Å². The van der Waals surface area contributed by atoms with E-state index in [0.29, 0.717) is 5.69 Å². The Labute approximate surface area is 155 Å². The van der Waals surface area contributed by atoms with Crippen LogP contribution >= 0.6 is 11.6 Å². The number of carbonyl (C=O) groups excluding carboxylic acids is 1. The summed E-state index contributed by atoms with van der Waals surface area (Å²) in [5, 5.41) is -0.339. The van der Waals surface area contributed by atoms with Crippen molar-refractivity contribution in [2.24, 2.45) is 0 Å². The van der Waals surface area contributed by atoms with Crippen molar-refractivity contribution in [1.29, 1.82) is 0 Å². The summed E-state index contributed by atoms with van der Waals surface area (Å²) in [6.07, 6.45) is -3.27. The zero-order chi connectivity index (χ0) is 19.9. The summed E-state index contributed by atoms with van der Waals surface area (Å²) >= 11 is 6.14. The summed E-state index contributed by atoms with van der Waals surface area (Å²) < 4.78 is 44.8. The molecule has 6 nitrogen and oxygen atoms in total. The molecule has 0 radical (unpaired) electrons. The Morgan fingerprint density at radius 3 is 2.56 bits per heavy atom. The van der Waals surface area contributed by atoms with Gasteiger partial charge in [0.25, 0.3) is 5.56 Å². The second kappa shape index (κ2) is 6.66. The molecule has 27 heavy (non-hydrogen) atoms. The first-order valence-corrected chi connectivity index (χ1v) is 7.87. The highest BCUT2D eigenvalue weighted by atomic mass is 35.5. The topological polar surface area (TPSA) is 74.1 Å². The first-order valence-electron chi connectivity index (χ1n) is 7.49. The number of aryl methyl sites for hydroxylation is 1. The zero-order valence-corrected chi connectivity index (χ0v) is 14.7. The van der Waals surface area contributed by atoms with Crippen molar-refractivity contribution in [1.82, 2.24) is 14.5 Å². The molecule has 0 fully saturated rings. The van der Waals surface area contributed by atoms with Crippen LogP contribution in [-0.2, 0) is 10.9 Å². The van der Waals surface area contributed by atoms with Gasteiger partial charge in [0.2, 0.25) is 0 Å². The van der Waals surface area contributed by atoms with E-state index in [9.17, 15) is 22.8 Å². The van der Waals surface area contributed by atoms with Crippen molar-refractivity contribution in [2.45, 2.75) is 13.1 Å². The number of hydrogen-bond acceptors (Lipinski definition) is 5. The van der Waals surface area contributed by atoms with Gasteiger partial charge in [0.15, 0.2) is 0 Å². The highest BCUT2D eigenvalue weighted by Gasteiger charge is 2.34. The fourth-order valence-electron chi connectivity index (χ4n) is 2.60. The van der Waals surface area contributed by atoms with E-state index in [2.05, 4.69) is 14.7 Å². The van der Waals surface area contributed by atoms with Crippen LogP contribution in [0.3, 0.4) is 0 Å². The molecule has 0 spiro atoms. The van der Waals surface area contributed by atoms with Crippen LogP contribution in [0, 0.1) is 6.92 Å². The van der Waals surface area contributed by atoms with E-state index in [1.54, 1.807) is 6.92 Å². The van der Waals surface area contributed by atoms with E-state index in [-0.39, 0.29) is 21.7 Å². The molecule has 0 saturated carbocycles. The molecule has 0 atom stereocenters. The SMILES string of the molecule is COC(=O)c1c(Cl)c2ccc(C(F)(F)F)nc2n(-c2cccnc2C)c1=O. The third-order valence-electron chi connectivity index (χ3n) is 3.86. The Balaban J connectivity index is 2.55. The molecule has 0 N–H and O–H groups in total. The molecule has 3 aromatic rings. The highest BCUT2D eigenvalue weighted by Crippen LogP contribution is 2.32. The minimum absolute atomic E-state index is 0.00656. The molecule has 0 unspecified atom stereocenters. The Morgan fingerprint density at radius 2 is 1.96 bits per heavy atom. The zero-order valence-electron chi connectivity index (χ0n) is 14.0. The number of rotatable bonds is 2. The van der Waals surface area contributed by atoms with Crippen molar-refractivity contribution in [3.63, 3.8) is 0 Å². The Bertz CT molecular complexity index is 1130. The fourth-order valence-corrected chi connectivity index (χ4v) is 2.90. The van der Waals surface area contributed by atoms with Crippen LogP contribution in [0.1, 0.15) is 21.7 Å². The van der Waals surface area contributed by atoms with E-state index in [0.717, 1.165) is 23.8 Å². The summed E-state index contributed by atoms with van der Waals surface area (Å²) in [5.74, 6) is -1.01. The predicted octanol–water partition coefficient (Wildman–Crippen LogP) is 3.55. The molecule has 0 saturated heterocycles. The molecule has 10 heteroatoms. The Kier molecular flexibility index (Phi) is 4.64. The van der Waals surface area contributed by atoms with Crippen molar-refractivity contribution in [2.75, 3.05) is 7.11 Å². The summed E-state index contributed by atoms with van der Waals surface area (Å²) in [6.45, 7) is 1.56. The summed E-state index contributed by atoms with van der Waals surface area (Å²) in [4.78, 5) is 32.6. The molecule has 0 bridgehead atoms. The first-order chi connectivity index (χ1) is 12.7. The third-order valence-corrected chi connectivity index (χ3v) is 4.25. The molecule has 3 aromatic heterocycles. The van der Waals surface area contributed by atoms with Crippen LogP contribution in [0.5, 0.6) is 0 Å². The van der Waals surface area contributed by atoms with Crippen molar-refractivity contribution >= 4 is 28.6 Å². The predicted molar refractivity (Wildman–Crippen MR) is 91.2 cm³/mol. The molecule has 0 aliphatic rings. The number of ether oxygens (including phenoxy) is 1. The lowest BCUT2D eigenvalue weighted by Gasteiger charge is -2.16. The lowest BCUT2D eigenvalue weighted by Crippen LogP contribution is -2.28. The van der Waals surface area contributed by atoms with Gasteiger partial charge in [-0.3, -0.25) is 14.3 Å². The molecule has 140 valence electrons. The van der Waals surface area contributed by atoms with Gasteiger partial charge in [0.05, 0.1) is 23.5 Å². The van der Waals surface area contributed by atoms with Gasteiger partial charge in [-0.2, -0.15) is 13.2 Å². The number of fused-ring (bicyclic) bond motifs is 1. The summed E-state index contributed by atoms with van der Waals surface area (Å²) in [7, 11) is 1.06. The van der Waals surface area contributed by atoms with Crippen LogP contribution in [0.4, 0.5) is 13.2 Å². The van der Waals surface area contributed by atoms with Gasteiger partial charge in [-0.05, 0) is 31.2 Å². The first kappa shape index (κ1) is 18.8. The van der Waals surface area contributed by atoms with Gasteiger partial charge in [-0.15, -0.1) is 0 Å². The van der Waals surface area contributed by atoms with Crippen LogP contribution in [0.2, 0.25) is 5.02 Å². The average Bonchev–Trinajstić information content (AvgIpc) is 2.62. The second-order valence-corrected chi connectivity index (χ2v) is 5.87.